The van der Waals surface area contributed by atoms with Gasteiger partial charge in [0.2, 0.25) is 5.91 Å². The molecule has 0 spiro atoms. The SMILES string of the molecule is C=CC(=O)N1CCN(c2ncnc3c(F)c(-c4n[nH]c5ccccc45)c(Cl)c(OC)c23)CC1. The fraction of sp³-hybridized carbons (Fsp3) is 0.217. The molecule has 3 heterocycles. The Balaban J connectivity index is 1.67. The summed E-state index contributed by atoms with van der Waals surface area (Å²) in [6.07, 6.45) is 2.62. The number of ether oxygens (including phenoxy) is 1. The van der Waals surface area contributed by atoms with Gasteiger partial charge in [0, 0.05) is 31.6 Å². The smallest absolute Gasteiger partial charge is 0.246 e. The van der Waals surface area contributed by atoms with E-state index in [9.17, 15) is 4.79 Å². The average molecular weight is 467 g/mol. The molecule has 10 heteroatoms. The van der Waals surface area contributed by atoms with Gasteiger partial charge in [-0.3, -0.25) is 9.89 Å². The fourth-order valence-electron chi connectivity index (χ4n) is 4.25. The third kappa shape index (κ3) is 3.36. The molecule has 33 heavy (non-hydrogen) atoms. The van der Waals surface area contributed by atoms with Crippen molar-refractivity contribution in [1.82, 2.24) is 25.1 Å². The second kappa shape index (κ2) is 8.32. The Labute approximate surface area is 193 Å². The highest BCUT2D eigenvalue weighted by atomic mass is 35.5. The molecule has 1 fully saturated rings. The molecule has 1 aliphatic heterocycles. The molecular formula is C23H20ClFN6O2. The van der Waals surface area contributed by atoms with E-state index in [1.807, 2.05) is 29.2 Å². The minimum Gasteiger partial charge on any atom is -0.494 e. The van der Waals surface area contributed by atoms with Crippen molar-refractivity contribution in [2.45, 2.75) is 0 Å². The van der Waals surface area contributed by atoms with Gasteiger partial charge in [-0.25, -0.2) is 14.4 Å². The minimum atomic E-state index is -0.600. The van der Waals surface area contributed by atoms with Crippen LogP contribution >= 0.6 is 11.6 Å². The standard InChI is InChI=1S/C23H20ClFN6O2/c1-3-15(32)30-8-10-31(11-9-30)23-17-21(26-12-27-23)19(25)16(18(24)22(17)33-2)20-13-6-4-5-7-14(13)28-29-20/h3-7,12H,1,8-11H2,2H3,(H,28,29). The van der Waals surface area contributed by atoms with Crippen molar-refractivity contribution in [2.75, 3.05) is 38.2 Å². The number of hydrogen-bond donors (Lipinski definition) is 1. The summed E-state index contributed by atoms with van der Waals surface area (Å²) >= 11 is 6.72. The minimum absolute atomic E-state index is 0.0907. The number of nitrogens with zero attached hydrogens (tertiary/aromatic N) is 5. The average Bonchev–Trinajstić information content (AvgIpc) is 3.27. The van der Waals surface area contributed by atoms with Gasteiger partial charge in [-0.1, -0.05) is 36.4 Å². The van der Waals surface area contributed by atoms with E-state index in [-0.39, 0.29) is 27.8 Å². The second-order valence-electron chi connectivity index (χ2n) is 7.59. The first-order valence-electron chi connectivity index (χ1n) is 10.3. The number of methoxy groups -OCH3 is 1. The molecule has 1 saturated heterocycles. The molecule has 168 valence electrons. The second-order valence-corrected chi connectivity index (χ2v) is 7.97. The summed E-state index contributed by atoms with van der Waals surface area (Å²) in [5.41, 5.74) is 1.35. The lowest BCUT2D eigenvalue weighted by Crippen LogP contribution is -2.48. The zero-order valence-corrected chi connectivity index (χ0v) is 18.6. The van der Waals surface area contributed by atoms with E-state index in [0.717, 1.165) is 10.9 Å². The molecule has 5 rings (SSSR count). The van der Waals surface area contributed by atoms with E-state index in [2.05, 4.69) is 26.7 Å². The van der Waals surface area contributed by atoms with Crippen molar-refractivity contribution < 1.29 is 13.9 Å². The van der Waals surface area contributed by atoms with E-state index in [1.165, 1.54) is 19.5 Å². The third-order valence-corrected chi connectivity index (χ3v) is 6.24. The number of aromatic amines is 1. The number of rotatable bonds is 4. The maximum absolute atomic E-state index is 15.9. The van der Waals surface area contributed by atoms with Gasteiger partial charge in [-0.2, -0.15) is 5.10 Å². The van der Waals surface area contributed by atoms with Crippen LogP contribution in [0, 0.1) is 5.82 Å². The molecule has 1 aliphatic rings. The molecule has 0 unspecified atom stereocenters. The Hall–Kier alpha value is -3.72. The lowest BCUT2D eigenvalue weighted by Gasteiger charge is -2.35. The van der Waals surface area contributed by atoms with E-state index in [1.54, 1.807) is 4.90 Å². The van der Waals surface area contributed by atoms with Crippen molar-refractivity contribution >= 4 is 45.1 Å². The van der Waals surface area contributed by atoms with Gasteiger partial charge in [-0.05, 0) is 12.1 Å². The molecule has 8 nitrogen and oxygen atoms in total. The summed E-state index contributed by atoms with van der Waals surface area (Å²) in [5.74, 6) is 0.0547. The van der Waals surface area contributed by atoms with E-state index >= 15 is 4.39 Å². The van der Waals surface area contributed by atoms with Crippen LogP contribution in [0.5, 0.6) is 5.75 Å². The number of para-hydroxylation sites is 1. The van der Waals surface area contributed by atoms with Crippen LogP contribution in [-0.4, -0.2) is 64.3 Å². The predicted molar refractivity (Wildman–Crippen MR) is 125 cm³/mol. The molecule has 0 atom stereocenters. The van der Waals surface area contributed by atoms with Crippen LogP contribution in [0.2, 0.25) is 5.02 Å². The number of hydrogen-bond acceptors (Lipinski definition) is 6. The van der Waals surface area contributed by atoms with Crippen molar-refractivity contribution in [1.29, 1.82) is 0 Å². The van der Waals surface area contributed by atoms with E-state index < -0.39 is 5.82 Å². The van der Waals surface area contributed by atoms with Crippen LogP contribution in [0.1, 0.15) is 0 Å². The van der Waals surface area contributed by atoms with Crippen molar-refractivity contribution in [2.24, 2.45) is 0 Å². The maximum Gasteiger partial charge on any atom is 0.246 e. The van der Waals surface area contributed by atoms with Crippen molar-refractivity contribution in [3.63, 3.8) is 0 Å². The van der Waals surface area contributed by atoms with Crippen LogP contribution in [0.4, 0.5) is 10.2 Å². The Morgan fingerprint density at radius 2 is 2.00 bits per heavy atom. The molecule has 1 amide bonds. The van der Waals surface area contributed by atoms with Crippen LogP contribution < -0.4 is 9.64 Å². The molecule has 2 aromatic carbocycles. The van der Waals surface area contributed by atoms with Crippen LogP contribution in [-0.2, 0) is 4.79 Å². The number of aromatic nitrogens is 4. The van der Waals surface area contributed by atoms with Gasteiger partial charge in [0.25, 0.3) is 0 Å². The number of carbonyl (C=O) groups excluding carboxylic acids is 1. The zero-order valence-electron chi connectivity index (χ0n) is 17.8. The zero-order chi connectivity index (χ0) is 23.1. The molecule has 0 saturated carbocycles. The Kier molecular flexibility index (Phi) is 5.33. The van der Waals surface area contributed by atoms with Crippen molar-refractivity contribution in [3.05, 3.63) is 54.1 Å². The molecule has 0 aliphatic carbocycles. The molecule has 1 N–H and O–H groups in total. The topological polar surface area (TPSA) is 87.2 Å². The third-order valence-electron chi connectivity index (χ3n) is 5.88. The Bertz CT molecular complexity index is 1400. The summed E-state index contributed by atoms with van der Waals surface area (Å²) in [6.45, 7) is 5.55. The van der Waals surface area contributed by atoms with Crippen LogP contribution in [0.25, 0.3) is 33.1 Å². The monoisotopic (exact) mass is 466 g/mol. The highest BCUT2D eigenvalue weighted by Gasteiger charge is 2.29. The van der Waals surface area contributed by atoms with Gasteiger partial charge in [-0.15, -0.1) is 0 Å². The normalized spacial score (nSPS) is 14.2. The van der Waals surface area contributed by atoms with Gasteiger partial charge < -0.3 is 14.5 Å². The Morgan fingerprint density at radius 1 is 1.24 bits per heavy atom. The fourth-order valence-corrected chi connectivity index (χ4v) is 4.60. The quantitative estimate of drug-likeness (QED) is 0.460. The Morgan fingerprint density at radius 3 is 2.73 bits per heavy atom. The number of carbonyl (C=O) groups is 1. The van der Waals surface area contributed by atoms with Gasteiger partial charge in [0.15, 0.2) is 11.6 Å². The number of nitrogens with one attached hydrogen (secondary N) is 1. The predicted octanol–water partition coefficient (Wildman–Crippen LogP) is 3.81. The van der Waals surface area contributed by atoms with E-state index in [0.29, 0.717) is 43.1 Å². The molecule has 4 aromatic rings. The summed E-state index contributed by atoms with van der Waals surface area (Å²) in [4.78, 5) is 24.2. The number of anilines is 1. The van der Waals surface area contributed by atoms with Crippen LogP contribution in [0.3, 0.4) is 0 Å². The molecule has 0 radical (unpaired) electrons. The molecular weight excluding hydrogens is 447 g/mol. The summed E-state index contributed by atoms with van der Waals surface area (Å²) < 4.78 is 21.6. The summed E-state index contributed by atoms with van der Waals surface area (Å²) in [6, 6.07) is 7.41. The summed E-state index contributed by atoms with van der Waals surface area (Å²) in [5, 5.41) is 8.43. The lowest BCUT2D eigenvalue weighted by molar-refractivity contribution is -0.126. The van der Waals surface area contributed by atoms with E-state index in [4.69, 9.17) is 16.3 Å². The first-order valence-corrected chi connectivity index (χ1v) is 10.7. The highest BCUT2D eigenvalue weighted by molar-refractivity contribution is 6.37. The molecule has 2 aromatic heterocycles. The lowest BCUT2D eigenvalue weighted by atomic mass is 10.0. The number of H-pyrrole nitrogens is 1. The molecule has 0 bridgehead atoms. The number of benzene rings is 2. The maximum atomic E-state index is 15.9. The van der Waals surface area contributed by atoms with Gasteiger partial charge >= 0.3 is 0 Å². The van der Waals surface area contributed by atoms with Crippen molar-refractivity contribution in [3.8, 4) is 17.0 Å². The summed E-state index contributed by atoms with van der Waals surface area (Å²) in [7, 11) is 1.47. The number of piperazine rings is 1. The van der Waals surface area contributed by atoms with Crippen LogP contribution in [0.15, 0.2) is 43.2 Å². The number of amides is 1. The highest BCUT2D eigenvalue weighted by Crippen LogP contribution is 2.46. The first kappa shape index (κ1) is 21.1. The van der Waals surface area contributed by atoms with Gasteiger partial charge in [0.1, 0.15) is 23.4 Å². The number of fused-ring (bicyclic) bond motifs is 2. The first-order chi connectivity index (χ1) is 16.0. The van der Waals surface area contributed by atoms with Gasteiger partial charge in [0.05, 0.1) is 28.6 Å². The number of halogens is 2. The largest absolute Gasteiger partial charge is 0.494 e.